The number of nitrogens with two attached hydrogens (primary N) is 1. The summed E-state index contributed by atoms with van der Waals surface area (Å²) in [6.45, 7) is 0. The van der Waals surface area contributed by atoms with Gasteiger partial charge in [0.05, 0.1) is 0 Å². The van der Waals surface area contributed by atoms with Gasteiger partial charge in [0.15, 0.2) is 11.5 Å². The van der Waals surface area contributed by atoms with Gasteiger partial charge in [-0.2, -0.15) is 5.21 Å². The van der Waals surface area contributed by atoms with Gasteiger partial charge in [0.2, 0.25) is 0 Å². The Bertz CT molecular complexity index is 464. The van der Waals surface area contributed by atoms with Crippen LogP contribution in [-0.4, -0.2) is 21.3 Å². The maximum absolute atomic E-state index is 10.9. The van der Waals surface area contributed by atoms with E-state index < -0.39 is 5.91 Å². The number of anilines is 2. The van der Waals surface area contributed by atoms with Crippen molar-refractivity contribution in [1.82, 2.24) is 15.4 Å². The first-order valence-electron chi connectivity index (χ1n) is 4.30. The van der Waals surface area contributed by atoms with Crippen LogP contribution in [0.2, 0.25) is 0 Å². The molecule has 6 heteroatoms. The van der Waals surface area contributed by atoms with Crippen LogP contribution in [0.25, 0.3) is 0 Å². The molecule has 0 unspecified atom stereocenters. The summed E-state index contributed by atoms with van der Waals surface area (Å²) in [6, 6.07) is 9.32. The fourth-order valence-corrected chi connectivity index (χ4v) is 1.15. The molecule has 0 saturated carbocycles. The number of nitrogens with one attached hydrogen (secondary N) is 2. The molecule has 1 aromatic carbocycles. The molecule has 2 aromatic rings. The number of aromatic amines is 1. The second-order valence-corrected chi connectivity index (χ2v) is 2.88. The average molecular weight is 203 g/mol. The quantitative estimate of drug-likeness (QED) is 0.682. The number of hydrogen-bond donors (Lipinski definition) is 3. The van der Waals surface area contributed by atoms with Crippen LogP contribution in [-0.2, 0) is 0 Å². The highest BCUT2D eigenvalue weighted by Gasteiger charge is 2.12. The van der Waals surface area contributed by atoms with Crippen molar-refractivity contribution < 1.29 is 4.79 Å². The minimum absolute atomic E-state index is 0.0962. The monoisotopic (exact) mass is 203 g/mol. The molecule has 6 nitrogen and oxygen atoms in total. The molecule has 0 atom stereocenters. The van der Waals surface area contributed by atoms with Crippen molar-refractivity contribution in [3.8, 4) is 0 Å². The van der Waals surface area contributed by atoms with Gasteiger partial charge in [-0.1, -0.05) is 18.2 Å². The Balaban J connectivity index is 2.25. The lowest BCUT2D eigenvalue weighted by Crippen LogP contribution is -2.13. The van der Waals surface area contributed by atoms with Crippen LogP contribution < -0.4 is 11.1 Å². The first-order valence-corrected chi connectivity index (χ1v) is 4.30. The number of rotatable bonds is 3. The first-order chi connectivity index (χ1) is 7.27. The Morgan fingerprint density at radius 2 is 2.00 bits per heavy atom. The number of carbonyl (C=O) groups excluding carboxylic acids is 1. The SMILES string of the molecule is NC(=O)c1n[nH]nc1Nc1ccccc1. The van der Waals surface area contributed by atoms with Crippen molar-refractivity contribution in [3.63, 3.8) is 0 Å². The van der Waals surface area contributed by atoms with Gasteiger partial charge in [0, 0.05) is 5.69 Å². The molecule has 1 heterocycles. The van der Waals surface area contributed by atoms with E-state index in [1.165, 1.54) is 0 Å². The maximum Gasteiger partial charge on any atom is 0.273 e. The topological polar surface area (TPSA) is 96.7 Å². The summed E-state index contributed by atoms with van der Waals surface area (Å²) in [4.78, 5) is 10.9. The van der Waals surface area contributed by atoms with Crippen LogP contribution >= 0.6 is 0 Å². The summed E-state index contributed by atoms with van der Waals surface area (Å²) in [5, 5.41) is 12.7. The van der Waals surface area contributed by atoms with E-state index in [-0.39, 0.29) is 5.69 Å². The van der Waals surface area contributed by atoms with Crippen molar-refractivity contribution >= 4 is 17.4 Å². The van der Waals surface area contributed by atoms with E-state index in [1.807, 2.05) is 30.3 Å². The number of carbonyl (C=O) groups is 1. The molecule has 76 valence electrons. The fraction of sp³-hybridized carbons (Fsp3) is 0. The van der Waals surface area contributed by atoms with E-state index in [0.29, 0.717) is 5.82 Å². The Kier molecular flexibility index (Phi) is 2.32. The summed E-state index contributed by atoms with van der Waals surface area (Å²) in [5.74, 6) is -0.295. The second kappa shape index (κ2) is 3.79. The number of primary amides is 1. The number of nitrogens with zero attached hydrogens (tertiary/aromatic N) is 2. The largest absolute Gasteiger partial charge is 0.364 e. The zero-order chi connectivity index (χ0) is 10.7. The first kappa shape index (κ1) is 9.20. The minimum Gasteiger partial charge on any atom is -0.364 e. The van der Waals surface area contributed by atoms with Crippen LogP contribution in [0.1, 0.15) is 10.5 Å². The van der Waals surface area contributed by atoms with Crippen LogP contribution in [0.15, 0.2) is 30.3 Å². The van der Waals surface area contributed by atoms with E-state index in [1.54, 1.807) is 0 Å². The number of H-pyrrole nitrogens is 1. The van der Waals surface area contributed by atoms with Crippen LogP contribution in [0.4, 0.5) is 11.5 Å². The van der Waals surface area contributed by atoms with Crippen molar-refractivity contribution in [3.05, 3.63) is 36.0 Å². The van der Waals surface area contributed by atoms with Crippen molar-refractivity contribution in [2.75, 3.05) is 5.32 Å². The molecule has 4 N–H and O–H groups in total. The standard InChI is InChI=1S/C9H9N5O/c10-8(15)7-9(13-14-12-7)11-6-4-2-1-3-5-6/h1-5H,(H2,10,15)(H2,11,12,13,14). The number of hydrogen-bond acceptors (Lipinski definition) is 4. The maximum atomic E-state index is 10.9. The molecule has 0 aliphatic rings. The molecule has 0 aliphatic carbocycles. The Labute approximate surface area is 85.5 Å². The number of benzene rings is 1. The summed E-state index contributed by atoms with van der Waals surface area (Å²) >= 11 is 0. The van der Waals surface area contributed by atoms with Crippen molar-refractivity contribution in [2.45, 2.75) is 0 Å². The third kappa shape index (κ3) is 1.93. The normalized spacial score (nSPS) is 9.87. The molecule has 0 spiro atoms. The summed E-state index contributed by atoms with van der Waals surface area (Å²) in [7, 11) is 0. The molecular weight excluding hydrogens is 194 g/mol. The lowest BCUT2D eigenvalue weighted by atomic mass is 10.3. The van der Waals surface area contributed by atoms with Gasteiger partial charge in [-0.25, -0.2) is 0 Å². The summed E-state index contributed by atoms with van der Waals surface area (Å²) in [5.41, 5.74) is 6.02. The third-order valence-corrected chi connectivity index (χ3v) is 1.82. The van der Waals surface area contributed by atoms with Crippen molar-refractivity contribution in [2.24, 2.45) is 5.73 Å². The Morgan fingerprint density at radius 3 is 2.67 bits per heavy atom. The molecule has 0 fully saturated rings. The molecule has 0 radical (unpaired) electrons. The van der Waals surface area contributed by atoms with E-state index in [9.17, 15) is 4.79 Å². The summed E-state index contributed by atoms with van der Waals surface area (Å²) < 4.78 is 0. The van der Waals surface area contributed by atoms with E-state index >= 15 is 0 Å². The van der Waals surface area contributed by atoms with Crippen molar-refractivity contribution in [1.29, 1.82) is 0 Å². The molecule has 15 heavy (non-hydrogen) atoms. The lowest BCUT2D eigenvalue weighted by Gasteiger charge is -2.01. The zero-order valence-electron chi connectivity index (χ0n) is 7.77. The second-order valence-electron chi connectivity index (χ2n) is 2.88. The third-order valence-electron chi connectivity index (χ3n) is 1.82. The highest BCUT2D eigenvalue weighted by Crippen LogP contribution is 2.15. The highest BCUT2D eigenvalue weighted by molar-refractivity contribution is 5.95. The molecule has 1 aromatic heterocycles. The summed E-state index contributed by atoms with van der Waals surface area (Å²) in [6.07, 6.45) is 0. The molecular formula is C9H9N5O. The molecule has 2 rings (SSSR count). The zero-order valence-corrected chi connectivity index (χ0v) is 7.77. The molecule has 0 aliphatic heterocycles. The van der Waals surface area contributed by atoms with Crippen LogP contribution in [0.3, 0.4) is 0 Å². The number of amides is 1. The molecule has 1 amide bonds. The van der Waals surface area contributed by atoms with Gasteiger partial charge < -0.3 is 11.1 Å². The van der Waals surface area contributed by atoms with E-state index in [4.69, 9.17) is 5.73 Å². The van der Waals surface area contributed by atoms with Crippen LogP contribution in [0.5, 0.6) is 0 Å². The van der Waals surface area contributed by atoms with Gasteiger partial charge in [-0.15, -0.1) is 10.2 Å². The minimum atomic E-state index is -0.623. The number of aromatic nitrogens is 3. The van der Waals surface area contributed by atoms with Gasteiger partial charge >= 0.3 is 0 Å². The van der Waals surface area contributed by atoms with Gasteiger partial charge in [0.25, 0.3) is 5.91 Å². The lowest BCUT2D eigenvalue weighted by molar-refractivity contribution is 0.0996. The van der Waals surface area contributed by atoms with Gasteiger partial charge in [-0.05, 0) is 12.1 Å². The van der Waals surface area contributed by atoms with Gasteiger partial charge in [-0.3, -0.25) is 4.79 Å². The predicted octanol–water partition coefficient (Wildman–Crippen LogP) is 0.647. The fourth-order valence-electron chi connectivity index (χ4n) is 1.15. The molecule has 0 bridgehead atoms. The average Bonchev–Trinajstić information content (AvgIpc) is 2.67. The highest BCUT2D eigenvalue weighted by atomic mass is 16.1. The number of para-hydroxylation sites is 1. The Morgan fingerprint density at radius 1 is 1.27 bits per heavy atom. The van der Waals surface area contributed by atoms with E-state index in [0.717, 1.165) is 5.69 Å². The van der Waals surface area contributed by atoms with E-state index in [2.05, 4.69) is 20.7 Å². The smallest absolute Gasteiger partial charge is 0.273 e. The Hall–Kier alpha value is -2.37. The van der Waals surface area contributed by atoms with Crippen LogP contribution in [0, 0.1) is 0 Å². The van der Waals surface area contributed by atoms with Gasteiger partial charge in [0.1, 0.15) is 0 Å². The predicted molar refractivity (Wildman–Crippen MR) is 54.6 cm³/mol. The molecule has 0 saturated heterocycles.